The summed E-state index contributed by atoms with van der Waals surface area (Å²) < 4.78 is 2.16. The van der Waals surface area contributed by atoms with Crippen LogP contribution in [-0.2, 0) is 6.42 Å². The molecule has 1 aliphatic heterocycles. The van der Waals surface area contributed by atoms with E-state index >= 15 is 0 Å². The van der Waals surface area contributed by atoms with Gasteiger partial charge < -0.3 is 4.90 Å². The van der Waals surface area contributed by atoms with Crippen molar-refractivity contribution in [3.05, 3.63) is 46.3 Å². The van der Waals surface area contributed by atoms with E-state index < -0.39 is 0 Å². The van der Waals surface area contributed by atoms with Gasteiger partial charge in [-0.05, 0) is 63.6 Å². The van der Waals surface area contributed by atoms with Crippen LogP contribution in [0.1, 0.15) is 67.6 Å². The van der Waals surface area contributed by atoms with Crippen LogP contribution in [0, 0.1) is 27.7 Å². The molecule has 0 N–H and O–H groups in total. The van der Waals surface area contributed by atoms with Crippen LogP contribution in [0.3, 0.4) is 0 Å². The monoisotopic (exact) mass is 390 g/mol. The van der Waals surface area contributed by atoms with E-state index in [0.29, 0.717) is 6.04 Å². The van der Waals surface area contributed by atoms with Gasteiger partial charge in [-0.25, -0.2) is 4.98 Å². The third-order valence-corrected chi connectivity index (χ3v) is 6.51. The number of hydrogen-bond donors (Lipinski definition) is 0. The van der Waals surface area contributed by atoms with Crippen molar-refractivity contribution in [1.82, 2.24) is 14.6 Å². The molecule has 4 nitrogen and oxygen atoms in total. The molecule has 0 unspecified atom stereocenters. The average molecular weight is 391 g/mol. The van der Waals surface area contributed by atoms with Gasteiger partial charge in [0.05, 0.1) is 11.3 Å². The van der Waals surface area contributed by atoms with Crippen LogP contribution in [0.2, 0.25) is 0 Å². The van der Waals surface area contributed by atoms with Crippen LogP contribution in [0.25, 0.3) is 16.8 Å². The van der Waals surface area contributed by atoms with E-state index in [1.165, 1.54) is 59.3 Å². The highest BCUT2D eigenvalue weighted by atomic mass is 15.4. The quantitative estimate of drug-likeness (QED) is 0.520. The van der Waals surface area contributed by atoms with E-state index in [1.807, 2.05) is 0 Å². The van der Waals surface area contributed by atoms with E-state index in [1.54, 1.807) is 0 Å². The summed E-state index contributed by atoms with van der Waals surface area (Å²) in [5, 5.41) is 5.05. The summed E-state index contributed by atoms with van der Waals surface area (Å²) in [6.07, 6.45) is 5.98. The lowest BCUT2D eigenvalue weighted by Gasteiger charge is -2.30. The second kappa shape index (κ2) is 7.81. The Kier molecular flexibility index (Phi) is 5.37. The van der Waals surface area contributed by atoms with Gasteiger partial charge in [-0.1, -0.05) is 44.9 Å². The Morgan fingerprint density at radius 1 is 0.931 bits per heavy atom. The molecule has 0 radical (unpaired) electrons. The fourth-order valence-corrected chi connectivity index (χ4v) is 5.19. The number of anilines is 1. The molecule has 3 heterocycles. The zero-order valence-corrected chi connectivity index (χ0v) is 18.8. The Morgan fingerprint density at radius 3 is 2.21 bits per heavy atom. The molecule has 0 saturated heterocycles. The topological polar surface area (TPSA) is 33.4 Å². The van der Waals surface area contributed by atoms with Crippen LogP contribution < -0.4 is 4.90 Å². The first-order valence-corrected chi connectivity index (χ1v) is 11.2. The number of benzene rings is 1. The van der Waals surface area contributed by atoms with Crippen molar-refractivity contribution < 1.29 is 0 Å². The SMILES string of the molecule is CCCC(CCC)N1CCc2c(C)nc3c(-c4c(C)cccc4C)c(C)nn3c21. The second-order valence-corrected chi connectivity index (χ2v) is 8.64. The lowest BCUT2D eigenvalue weighted by atomic mass is 9.96. The molecule has 3 aromatic rings. The fourth-order valence-electron chi connectivity index (χ4n) is 5.19. The van der Waals surface area contributed by atoms with E-state index in [0.717, 1.165) is 30.0 Å². The van der Waals surface area contributed by atoms with Crippen molar-refractivity contribution in [1.29, 1.82) is 0 Å². The van der Waals surface area contributed by atoms with Crippen LogP contribution in [0.5, 0.6) is 0 Å². The van der Waals surface area contributed by atoms with E-state index in [-0.39, 0.29) is 0 Å². The second-order valence-electron chi connectivity index (χ2n) is 8.64. The molecule has 0 fully saturated rings. The molecule has 2 aromatic heterocycles. The Bertz CT molecular complexity index is 1020. The summed E-state index contributed by atoms with van der Waals surface area (Å²) in [6.45, 7) is 14.4. The highest BCUT2D eigenvalue weighted by molar-refractivity contribution is 5.85. The Morgan fingerprint density at radius 2 is 1.59 bits per heavy atom. The summed E-state index contributed by atoms with van der Waals surface area (Å²) in [4.78, 5) is 7.72. The number of rotatable bonds is 6. The highest BCUT2D eigenvalue weighted by Gasteiger charge is 2.31. The molecule has 29 heavy (non-hydrogen) atoms. The smallest absolute Gasteiger partial charge is 0.165 e. The molecule has 0 atom stereocenters. The van der Waals surface area contributed by atoms with Gasteiger partial charge in [-0.15, -0.1) is 0 Å². The molecular weight excluding hydrogens is 356 g/mol. The molecule has 0 spiro atoms. The lowest BCUT2D eigenvalue weighted by molar-refractivity contribution is 0.508. The molecule has 154 valence electrons. The van der Waals surface area contributed by atoms with Crippen molar-refractivity contribution in [3.8, 4) is 11.1 Å². The lowest BCUT2D eigenvalue weighted by Crippen LogP contribution is -2.35. The van der Waals surface area contributed by atoms with E-state index in [2.05, 4.69) is 69.2 Å². The minimum atomic E-state index is 0.587. The molecule has 4 rings (SSSR count). The standard InChI is InChI=1S/C25H34N4/c1-7-10-20(11-8-2)28-15-14-21-18(5)26-24-23(19(6)27-29(24)25(21)28)22-16(3)12-9-13-17(22)4/h9,12-13,20H,7-8,10-11,14-15H2,1-6H3. The van der Waals surface area contributed by atoms with Crippen molar-refractivity contribution in [2.75, 3.05) is 11.4 Å². The third-order valence-electron chi connectivity index (χ3n) is 6.51. The number of aryl methyl sites for hydroxylation is 4. The van der Waals surface area contributed by atoms with Crippen molar-refractivity contribution in [3.63, 3.8) is 0 Å². The predicted octanol–water partition coefficient (Wildman–Crippen LogP) is 5.96. The first-order chi connectivity index (χ1) is 14.0. The summed E-state index contributed by atoms with van der Waals surface area (Å²) in [6, 6.07) is 7.10. The Balaban J connectivity index is 1.96. The molecule has 0 amide bonds. The van der Waals surface area contributed by atoms with Crippen molar-refractivity contribution in [2.24, 2.45) is 0 Å². The van der Waals surface area contributed by atoms with Crippen LogP contribution in [0.15, 0.2) is 18.2 Å². The zero-order valence-electron chi connectivity index (χ0n) is 18.8. The van der Waals surface area contributed by atoms with E-state index in [9.17, 15) is 0 Å². The maximum Gasteiger partial charge on any atom is 0.165 e. The summed E-state index contributed by atoms with van der Waals surface area (Å²) in [5.41, 5.74) is 9.67. The molecule has 0 saturated carbocycles. The highest BCUT2D eigenvalue weighted by Crippen LogP contribution is 2.39. The van der Waals surface area contributed by atoms with Gasteiger partial charge in [-0.3, -0.25) is 0 Å². The van der Waals surface area contributed by atoms with Gasteiger partial charge in [0.25, 0.3) is 0 Å². The zero-order chi connectivity index (χ0) is 20.7. The first kappa shape index (κ1) is 19.9. The molecule has 0 aliphatic carbocycles. The predicted molar refractivity (Wildman–Crippen MR) is 122 cm³/mol. The van der Waals surface area contributed by atoms with Gasteiger partial charge >= 0.3 is 0 Å². The maximum atomic E-state index is 5.09. The van der Waals surface area contributed by atoms with Crippen molar-refractivity contribution >= 4 is 11.5 Å². The summed E-state index contributed by atoms with van der Waals surface area (Å²) in [7, 11) is 0. The first-order valence-electron chi connectivity index (χ1n) is 11.2. The fraction of sp³-hybridized carbons (Fsp3) is 0.520. The molecule has 1 aromatic carbocycles. The molecule has 0 bridgehead atoms. The maximum absolute atomic E-state index is 5.09. The van der Waals surface area contributed by atoms with Gasteiger partial charge in [0.1, 0.15) is 5.82 Å². The van der Waals surface area contributed by atoms with Gasteiger partial charge in [0.15, 0.2) is 5.65 Å². The number of hydrogen-bond acceptors (Lipinski definition) is 3. The molecule has 1 aliphatic rings. The number of fused-ring (bicyclic) bond motifs is 3. The summed E-state index contributed by atoms with van der Waals surface area (Å²) in [5.74, 6) is 1.29. The number of aromatic nitrogens is 3. The molecule has 4 heteroatoms. The van der Waals surface area contributed by atoms with Gasteiger partial charge in [0.2, 0.25) is 0 Å². The average Bonchev–Trinajstić information content (AvgIpc) is 3.24. The molecular formula is C25H34N4. The van der Waals surface area contributed by atoms with Crippen LogP contribution in [-0.4, -0.2) is 27.2 Å². The van der Waals surface area contributed by atoms with E-state index in [4.69, 9.17) is 10.1 Å². The van der Waals surface area contributed by atoms with Gasteiger partial charge in [-0.2, -0.15) is 9.61 Å². The third kappa shape index (κ3) is 3.23. The van der Waals surface area contributed by atoms with Crippen LogP contribution in [0.4, 0.5) is 5.82 Å². The van der Waals surface area contributed by atoms with Crippen LogP contribution >= 0.6 is 0 Å². The minimum Gasteiger partial charge on any atom is -0.353 e. The summed E-state index contributed by atoms with van der Waals surface area (Å²) >= 11 is 0. The Labute approximate surface area is 175 Å². The Hall–Kier alpha value is -2.36. The normalized spacial score (nSPS) is 13.7. The largest absolute Gasteiger partial charge is 0.353 e. The van der Waals surface area contributed by atoms with Gasteiger partial charge in [0, 0.05) is 23.8 Å². The number of nitrogens with zero attached hydrogens (tertiary/aromatic N) is 4. The minimum absolute atomic E-state index is 0.587. The van der Waals surface area contributed by atoms with Crippen molar-refractivity contribution in [2.45, 2.75) is 79.7 Å².